The number of amides is 1. The summed E-state index contributed by atoms with van der Waals surface area (Å²) in [5.74, 6) is -0.865. The van der Waals surface area contributed by atoms with Gasteiger partial charge in [0.1, 0.15) is 5.82 Å². The summed E-state index contributed by atoms with van der Waals surface area (Å²) in [6.45, 7) is 3.35. The number of nitrogens with one attached hydrogen (secondary N) is 1. The lowest BCUT2D eigenvalue weighted by atomic mass is 10.2. The fourth-order valence-corrected chi connectivity index (χ4v) is 1.12. The summed E-state index contributed by atoms with van der Waals surface area (Å²) in [6.07, 6.45) is 0. The smallest absolute Gasteiger partial charge is 0.240 e. The molecule has 0 atom stereocenters. The van der Waals surface area contributed by atoms with Crippen molar-refractivity contribution >= 4 is 39.1 Å². The fraction of sp³-hybridized carbons (Fsp3) is 0.300. The topological polar surface area (TPSA) is 29.1 Å². The molecule has 1 N–H and O–H groups in total. The lowest BCUT2D eigenvalue weighted by molar-refractivity contribution is -0.117. The summed E-state index contributed by atoms with van der Waals surface area (Å²) < 4.78 is 12.5. The van der Waals surface area contributed by atoms with Crippen molar-refractivity contribution in [3.63, 3.8) is 0 Å². The first kappa shape index (κ1) is 12.5. The van der Waals surface area contributed by atoms with Crippen molar-refractivity contribution in [3.05, 3.63) is 29.0 Å². The van der Waals surface area contributed by atoms with E-state index in [0.29, 0.717) is 5.02 Å². The molecule has 2 nitrogen and oxygen atoms in total. The Kier molecular flexibility index (Phi) is 3.73. The number of alkyl halides is 1. The Labute approximate surface area is 101 Å². The highest BCUT2D eigenvalue weighted by atomic mass is 79.9. The summed E-state index contributed by atoms with van der Waals surface area (Å²) in [5, 5.41) is 2.75. The molecule has 82 valence electrons. The molecule has 15 heavy (non-hydrogen) atoms. The summed E-state index contributed by atoms with van der Waals surface area (Å²) in [7, 11) is 0. The molecule has 0 aliphatic carbocycles. The second kappa shape index (κ2) is 4.49. The first-order valence-corrected chi connectivity index (χ1v) is 5.43. The molecule has 1 rings (SSSR count). The minimum absolute atomic E-state index is 0.122. The van der Waals surface area contributed by atoms with Crippen LogP contribution in [0.3, 0.4) is 0 Å². The zero-order chi connectivity index (χ0) is 11.6. The Bertz CT molecular complexity index is 389. The van der Waals surface area contributed by atoms with Crippen LogP contribution in [0.25, 0.3) is 0 Å². The van der Waals surface area contributed by atoms with E-state index >= 15 is 0 Å². The van der Waals surface area contributed by atoms with Crippen LogP contribution in [-0.2, 0) is 4.79 Å². The van der Waals surface area contributed by atoms with E-state index in [0.717, 1.165) is 6.07 Å². The summed E-state index contributed by atoms with van der Waals surface area (Å²) >= 11 is 8.76. The van der Waals surface area contributed by atoms with Gasteiger partial charge in [-0.25, -0.2) is 4.39 Å². The Morgan fingerprint density at radius 1 is 1.53 bits per heavy atom. The molecule has 0 fully saturated rings. The van der Waals surface area contributed by atoms with Gasteiger partial charge in [0.2, 0.25) is 5.91 Å². The van der Waals surface area contributed by atoms with Gasteiger partial charge in [-0.05, 0) is 32.0 Å². The zero-order valence-corrected chi connectivity index (χ0v) is 10.6. The lowest BCUT2D eigenvalue weighted by Crippen LogP contribution is -2.31. The Morgan fingerprint density at radius 3 is 2.60 bits per heavy atom. The molecular formula is C10H10BrClFNO. The molecule has 0 aliphatic heterocycles. The fourth-order valence-electron chi connectivity index (χ4n) is 0.862. The van der Waals surface area contributed by atoms with Crippen molar-refractivity contribution < 1.29 is 9.18 Å². The van der Waals surface area contributed by atoms with E-state index in [2.05, 4.69) is 21.2 Å². The highest BCUT2D eigenvalue weighted by Crippen LogP contribution is 2.22. The van der Waals surface area contributed by atoms with Crippen LogP contribution in [-0.4, -0.2) is 10.2 Å². The molecule has 0 radical (unpaired) electrons. The van der Waals surface area contributed by atoms with Gasteiger partial charge in [-0.15, -0.1) is 0 Å². The molecule has 0 aromatic heterocycles. The molecule has 1 aromatic rings. The largest absolute Gasteiger partial charge is 0.322 e. The number of benzene rings is 1. The van der Waals surface area contributed by atoms with E-state index < -0.39 is 10.1 Å². The maximum absolute atomic E-state index is 13.3. The number of carbonyl (C=O) groups is 1. The highest BCUT2D eigenvalue weighted by Gasteiger charge is 2.24. The summed E-state index contributed by atoms with van der Waals surface area (Å²) in [6, 6.07) is 4.09. The molecule has 0 heterocycles. The first-order valence-electron chi connectivity index (χ1n) is 4.26. The summed E-state index contributed by atoms with van der Waals surface area (Å²) in [5.41, 5.74) is 0.122. The Hall–Kier alpha value is -0.610. The second-order valence-corrected chi connectivity index (χ2v) is 5.97. The predicted octanol–water partition coefficient (Wildman–Crippen LogP) is 3.59. The van der Waals surface area contributed by atoms with Gasteiger partial charge in [0.25, 0.3) is 0 Å². The van der Waals surface area contributed by atoms with Gasteiger partial charge in [0.15, 0.2) is 0 Å². The molecule has 0 aliphatic rings. The third kappa shape index (κ3) is 3.47. The van der Waals surface area contributed by atoms with Crippen molar-refractivity contribution in [1.29, 1.82) is 0 Å². The number of carbonyl (C=O) groups excluding carboxylic acids is 1. The van der Waals surface area contributed by atoms with Crippen molar-refractivity contribution in [2.75, 3.05) is 5.32 Å². The monoisotopic (exact) mass is 293 g/mol. The maximum atomic E-state index is 13.3. The van der Waals surface area contributed by atoms with Crippen molar-refractivity contribution in [1.82, 2.24) is 0 Å². The van der Waals surface area contributed by atoms with E-state index in [1.807, 2.05) is 0 Å². The highest BCUT2D eigenvalue weighted by molar-refractivity contribution is 9.10. The number of hydrogen-bond donors (Lipinski definition) is 1. The zero-order valence-electron chi connectivity index (χ0n) is 8.27. The van der Waals surface area contributed by atoms with Gasteiger partial charge < -0.3 is 5.32 Å². The average molecular weight is 295 g/mol. The van der Waals surface area contributed by atoms with E-state index in [1.165, 1.54) is 12.1 Å². The van der Waals surface area contributed by atoms with Gasteiger partial charge in [-0.2, -0.15) is 0 Å². The third-order valence-electron chi connectivity index (χ3n) is 1.72. The normalized spacial score (nSPS) is 11.3. The molecule has 5 heteroatoms. The second-order valence-electron chi connectivity index (χ2n) is 3.55. The van der Waals surface area contributed by atoms with Gasteiger partial charge in [-0.1, -0.05) is 27.5 Å². The van der Waals surface area contributed by atoms with Gasteiger partial charge in [-0.3, -0.25) is 4.79 Å². The van der Waals surface area contributed by atoms with Crippen LogP contribution in [0.2, 0.25) is 5.02 Å². The molecule has 1 amide bonds. The molecule has 0 unspecified atom stereocenters. The number of hydrogen-bond acceptors (Lipinski definition) is 1. The van der Waals surface area contributed by atoms with Crippen LogP contribution in [0.15, 0.2) is 18.2 Å². The Balaban J connectivity index is 2.87. The molecule has 1 aromatic carbocycles. The molecular weight excluding hydrogens is 284 g/mol. The molecule has 0 bridgehead atoms. The molecule has 0 saturated heterocycles. The van der Waals surface area contributed by atoms with E-state index in [-0.39, 0.29) is 11.6 Å². The van der Waals surface area contributed by atoms with Crippen molar-refractivity contribution in [2.24, 2.45) is 0 Å². The maximum Gasteiger partial charge on any atom is 0.240 e. The van der Waals surface area contributed by atoms with E-state index in [4.69, 9.17) is 11.6 Å². The number of rotatable bonds is 2. The standard InChI is InChI=1S/C10H10BrClFNO/c1-10(2,11)9(15)14-8-4-3-6(12)5-7(8)13/h3-5H,1-2H3,(H,14,15). The predicted molar refractivity (Wildman–Crippen MR) is 63.0 cm³/mol. The van der Waals surface area contributed by atoms with Crippen LogP contribution in [0.1, 0.15) is 13.8 Å². The summed E-state index contributed by atoms with van der Waals surface area (Å²) in [4.78, 5) is 11.5. The SMILES string of the molecule is CC(C)(Br)C(=O)Nc1ccc(Cl)cc1F. The lowest BCUT2D eigenvalue weighted by Gasteiger charge is -2.16. The quantitative estimate of drug-likeness (QED) is 0.830. The Morgan fingerprint density at radius 2 is 2.13 bits per heavy atom. The van der Waals surface area contributed by atoms with Crippen LogP contribution < -0.4 is 5.32 Å². The minimum atomic E-state index is -0.737. The van der Waals surface area contributed by atoms with Crippen LogP contribution in [0.4, 0.5) is 10.1 Å². The number of anilines is 1. The minimum Gasteiger partial charge on any atom is -0.322 e. The van der Waals surface area contributed by atoms with Gasteiger partial charge in [0, 0.05) is 5.02 Å². The van der Waals surface area contributed by atoms with Crippen LogP contribution >= 0.6 is 27.5 Å². The average Bonchev–Trinajstić information content (AvgIpc) is 2.08. The number of halogens is 3. The first-order chi connectivity index (χ1) is 6.80. The van der Waals surface area contributed by atoms with Gasteiger partial charge in [0.05, 0.1) is 10.0 Å². The van der Waals surface area contributed by atoms with Crippen LogP contribution in [0.5, 0.6) is 0 Å². The third-order valence-corrected chi connectivity index (χ3v) is 2.31. The molecule has 0 spiro atoms. The van der Waals surface area contributed by atoms with Gasteiger partial charge >= 0.3 is 0 Å². The van der Waals surface area contributed by atoms with Crippen molar-refractivity contribution in [2.45, 2.75) is 18.2 Å². The molecule has 0 saturated carbocycles. The van der Waals surface area contributed by atoms with E-state index in [9.17, 15) is 9.18 Å². The van der Waals surface area contributed by atoms with E-state index in [1.54, 1.807) is 13.8 Å². The van der Waals surface area contributed by atoms with Crippen LogP contribution in [0, 0.1) is 5.82 Å². The van der Waals surface area contributed by atoms with Crippen molar-refractivity contribution in [3.8, 4) is 0 Å².